The number of benzene rings is 1. The molecule has 2 heterocycles. The van der Waals surface area contributed by atoms with E-state index in [9.17, 15) is 13.2 Å². The molecule has 120 valence electrons. The van der Waals surface area contributed by atoms with Crippen LogP contribution in [0.4, 0.5) is 0 Å². The number of para-hydroxylation sites is 1. The van der Waals surface area contributed by atoms with Gasteiger partial charge in [-0.3, -0.25) is 4.79 Å². The summed E-state index contributed by atoms with van der Waals surface area (Å²) < 4.78 is 27.8. The van der Waals surface area contributed by atoms with Gasteiger partial charge in [0.1, 0.15) is 5.69 Å². The molecule has 0 radical (unpaired) electrons. The van der Waals surface area contributed by atoms with Gasteiger partial charge in [0, 0.05) is 18.5 Å². The second kappa shape index (κ2) is 4.61. The van der Waals surface area contributed by atoms with Crippen LogP contribution in [-0.2, 0) is 17.1 Å². The van der Waals surface area contributed by atoms with E-state index in [2.05, 4.69) is 5.32 Å². The second-order valence-electron chi connectivity index (χ2n) is 6.11. The van der Waals surface area contributed by atoms with Crippen LogP contribution in [0.25, 0.3) is 21.9 Å². The van der Waals surface area contributed by atoms with E-state index in [0.29, 0.717) is 5.52 Å². The second-order valence-corrected chi connectivity index (χ2v) is 7.95. The summed E-state index contributed by atoms with van der Waals surface area (Å²) >= 11 is 0. The molecular weight excluding hydrogens is 314 g/mol. The summed E-state index contributed by atoms with van der Waals surface area (Å²) in [6, 6.07) is 9.42. The van der Waals surface area contributed by atoms with Gasteiger partial charge in [0.2, 0.25) is 10.0 Å². The van der Waals surface area contributed by atoms with Crippen molar-refractivity contribution >= 4 is 37.9 Å². The zero-order valence-corrected chi connectivity index (χ0v) is 13.7. The van der Waals surface area contributed by atoms with Crippen LogP contribution in [0.1, 0.15) is 23.3 Å². The van der Waals surface area contributed by atoms with Crippen LogP contribution in [0.15, 0.2) is 30.3 Å². The van der Waals surface area contributed by atoms with E-state index in [4.69, 9.17) is 0 Å². The number of fused-ring (bicyclic) bond motifs is 3. The minimum Gasteiger partial charge on any atom is -0.348 e. The van der Waals surface area contributed by atoms with Crippen molar-refractivity contribution in [2.45, 2.75) is 18.9 Å². The summed E-state index contributed by atoms with van der Waals surface area (Å²) in [5.41, 5.74) is 2.40. The maximum Gasteiger partial charge on any atom is 0.269 e. The van der Waals surface area contributed by atoms with Crippen molar-refractivity contribution in [2.24, 2.45) is 7.05 Å². The van der Waals surface area contributed by atoms with Gasteiger partial charge < -0.3 is 9.88 Å². The summed E-state index contributed by atoms with van der Waals surface area (Å²) in [4.78, 5) is 12.5. The third-order valence-corrected chi connectivity index (χ3v) is 5.34. The molecule has 6 nitrogen and oxygen atoms in total. The maximum atomic E-state index is 12.5. The Morgan fingerprint density at radius 2 is 1.91 bits per heavy atom. The van der Waals surface area contributed by atoms with Gasteiger partial charge in [-0.2, -0.15) is 0 Å². The first-order valence-electron chi connectivity index (χ1n) is 7.48. The zero-order chi connectivity index (χ0) is 16.4. The predicted octanol–water partition coefficient (Wildman–Crippen LogP) is 1.83. The molecule has 0 atom stereocenters. The lowest BCUT2D eigenvalue weighted by molar-refractivity contribution is 0.0945. The number of aryl methyl sites for hydroxylation is 1. The van der Waals surface area contributed by atoms with Crippen LogP contribution < -0.4 is 5.32 Å². The summed E-state index contributed by atoms with van der Waals surface area (Å²) in [5.74, 6) is -0.335. The topological polar surface area (TPSA) is 73.1 Å². The number of amides is 1. The van der Waals surface area contributed by atoms with Crippen molar-refractivity contribution in [2.75, 3.05) is 6.26 Å². The third kappa shape index (κ3) is 2.15. The average molecular weight is 331 g/mol. The fourth-order valence-electron chi connectivity index (χ4n) is 3.07. The third-order valence-electron chi connectivity index (χ3n) is 4.30. The summed E-state index contributed by atoms with van der Waals surface area (Å²) in [6.07, 6.45) is 3.03. The molecule has 0 bridgehead atoms. The van der Waals surface area contributed by atoms with Crippen LogP contribution in [0.3, 0.4) is 0 Å². The molecule has 0 spiro atoms. The van der Waals surface area contributed by atoms with E-state index in [1.165, 1.54) is 3.97 Å². The van der Waals surface area contributed by atoms with Gasteiger partial charge in [0.05, 0.1) is 22.8 Å². The van der Waals surface area contributed by atoms with E-state index in [0.717, 1.165) is 35.5 Å². The molecular formula is C16H17N3O3S. The van der Waals surface area contributed by atoms with Crippen molar-refractivity contribution in [1.82, 2.24) is 13.9 Å². The van der Waals surface area contributed by atoms with Crippen molar-refractivity contribution in [3.05, 3.63) is 36.0 Å². The Morgan fingerprint density at radius 1 is 1.22 bits per heavy atom. The lowest BCUT2D eigenvalue weighted by Gasteiger charge is -2.08. The first kappa shape index (κ1) is 14.3. The van der Waals surface area contributed by atoms with Gasteiger partial charge in [-0.15, -0.1) is 0 Å². The van der Waals surface area contributed by atoms with Crippen molar-refractivity contribution in [3.8, 4) is 0 Å². The lowest BCUT2D eigenvalue weighted by Crippen LogP contribution is -2.29. The number of carbonyl (C=O) groups is 1. The Bertz CT molecular complexity index is 1060. The maximum absolute atomic E-state index is 12.5. The molecule has 7 heteroatoms. The summed E-state index contributed by atoms with van der Waals surface area (Å²) in [6.45, 7) is 0. The Balaban J connectivity index is 2.07. The largest absolute Gasteiger partial charge is 0.348 e. The standard InChI is InChI=1S/C16H17N3O3S/c1-18-12-6-4-3-5-11(12)15-13(18)9-14(19(15)23(2,21)22)16(20)17-10-7-8-10/h3-6,9-10H,7-8H2,1-2H3,(H,17,20). The smallest absolute Gasteiger partial charge is 0.269 e. The van der Waals surface area contributed by atoms with E-state index in [-0.39, 0.29) is 17.6 Å². The molecule has 0 saturated heterocycles. The molecule has 0 aliphatic heterocycles. The first-order chi connectivity index (χ1) is 10.9. The number of aromatic nitrogens is 2. The quantitative estimate of drug-likeness (QED) is 0.796. The molecule has 1 aliphatic carbocycles. The number of nitrogens with zero attached hydrogens (tertiary/aromatic N) is 2. The summed E-state index contributed by atoms with van der Waals surface area (Å²) in [5, 5.41) is 3.69. The van der Waals surface area contributed by atoms with E-state index in [1.54, 1.807) is 6.07 Å². The highest BCUT2D eigenvalue weighted by Crippen LogP contribution is 2.32. The van der Waals surface area contributed by atoms with Gasteiger partial charge in [-0.25, -0.2) is 12.4 Å². The van der Waals surface area contributed by atoms with Crippen LogP contribution in [0, 0.1) is 0 Å². The Hall–Kier alpha value is -2.28. The highest BCUT2D eigenvalue weighted by atomic mass is 32.2. The molecule has 1 aromatic carbocycles. The number of hydrogen-bond donors (Lipinski definition) is 1. The molecule has 3 aromatic rings. The van der Waals surface area contributed by atoms with Crippen molar-refractivity contribution in [1.29, 1.82) is 0 Å². The molecule has 1 N–H and O–H groups in total. The fourth-order valence-corrected chi connectivity index (χ4v) is 4.09. The highest BCUT2D eigenvalue weighted by Gasteiger charge is 2.29. The molecule has 1 saturated carbocycles. The fraction of sp³-hybridized carbons (Fsp3) is 0.312. The van der Waals surface area contributed by atoms with E-state index >= 15 is 0 Å². The molecule has 2 aromatic heterocycles. The Labute approximate surface area is 133 Å². The number of hydrogen-bond acceptors (Lipinski definition) is 3. The molecule has 4 rings (SSSR count). The van der Waals surface area contributed by atoms with E-state index < -0.39 is 10.0 Å². The van der Waals surface area contributed by atoms with Gasteiger partial charge in [0.25, 0.3) is 5.91 Å². The van der Waals surface area contributed by atoms with Gasteiger partial charge >= 0.3 is 0 Å². The monoisotopic (exact) mass is 331 g/mol. The van der Waals surface area contributed by atoms with Gasteiger partial charge in [-0.05, 0) is 25.0 Å². The van der Waals surface area contributed by atoms with Crippen molar-refractivity contribution < 1.29 is 13.2 Å². The van der Waals surface area contributed by atoms with E-state index in [1.807, 2.05) is 35.9 Å². The van der Waals surface area contributed by atoms with Crippen LogP contribution in [-0.4, -0.2) is 35.2 Å². The number of carbonyl (C=O) groups excluding carboxylic acids is 1. The van der Waals surface area contributed by atoms with Crippen LogP contribution in [0.2, 0.25) is 0 Å². The normalized spacial score (nSPS) is 15.4. The van der Waals surface area contributed by atoms with Crippen molar-refractivity contribution in [3.63, 3.8) is 0 Å². The minimum atomic E-state index is -3.61. The average Bonchev–Trinajstić information content (AvgIpc) is 3.13. The Kier molecular flexibility index (Phi) is 2.87. The van der Waals surface area contributed by atoms with Crippen LogP contribution in [0.5, 0.6) is 0 Å². The Morgan fingerprint density at radius 3 is 2.57 bits per heavy atom. The highest BCUT2D eigenvalue weighted by molar-refractivity contribution is 7.89. The van der Waals surface area contributed by atoms with Crippen LogP contribution >= 0.6 is 0 Å². The zero-order valence-electron chi connectivity index (χ0n) is 12.9. The number of nitrogens with one attached hydrogen (secondary N) is 1. The lowest BCUT2D eigenvalue weighted by atomic mass is 10.2. The molecule has 1 amide bonds. The molecule has 1 aliphatic rings. The molecule has 1 fully saturated rings. The van der Waals surface area contributed by atoms with Gasteiger partial charge in [-0.1, -0.05) is 18.2 Å². The summed E-state index contributed by atoms with van der Waals surface area (Å²) in [7, 11) is -1.74. The van der Waals surface area contributed by atoms with Gasteiger partial charge in [0.15, 0.2) is 0 Å². The molecule has 23 heavy (non-hydrogen) atoms. The SMILES string of the molecule is Cn1c2ccccc2c2c1cc(C(=O)NC1CC1)n2S(C)(=O)=O. The predicted molar refractivity (Wildman–Crippen MR) is 89.1 cm³/mol. The first-order valence-corrected chi connectivity index (χ1v) is 9.33. The minimum absolute atomic E-state index is 0.172. The molecule has 0 unspecified atom stereocenters. The number of rotatable bonds is 3.